The lowest BCUT2D eigenvalue weighted by Gasteiger charge is -2.22. The van der Waals surface area contributed by atoms with Gasteiger partial charge in [-0.15, -0.1) is 11.3 Å². The van der Waals surface area contributed by atoms with Crippen LogP contribution in [0, 0.1) is 0 Å². The Morgan fingerprint density at radius 2 is 2.28 bits per heavy atom. The van der Waals surface area contributed by atoms with Gasteiger partial charge in [0.2, 0.25) is 0 Å². The summed E-state index contributed by atoms with van der Waals surface area (Å²) in [5.41, 5.74) is 0.371. The second kappa shape index (κ2) is 4.94. The summed E-state index contributed by atoms with van der Waals surface area (Å²) < 4.78 is 5.40. The van der Waals surface area contributed by atoms with E-state index in [1.165, 1.54) is 11.3 Å². The first-order valence-electron chi connectivity index (χ1n) is 5.71. The Balaban J connectivity index is 2.20. The predicted molar refractivity (Wildman–Crippen MR) is 74.5 cm³/mol. The maximum atomic E-state index is 12.1. The summed E-state index contributed by atoms with van der Waals surface area (Å²) in [6.45, 7) is 6.12. The molecule has 0 atom stereocenters. The van der Waals surface area contributed by atoms with Crippen molar-refractivity contribution in [3.05, 3.63) is 28.6 Å². The van der Waals surface area contributed by atoms with Crippen molar-refractivity contribution < 1.29 is 9.53 Å². The minimum Gasteiger partial charge on any atom is -0.456 e. The van der Waals surface area contributed by atoms with Crippen LogP contribution in [0.25, 0.3) is 0 Å². The number of hydrogen-bond acceptors (Lipinski definition) is 5. The molecule has 2 rings (SSSR count). The maximum absolute atomic E-state index is 12.1. The topological polar surface area (TPSA) is 41.9 Å². The van der Waals surface area contributed by atoms with Gasteiger partial charge in [0.1, 0.15) is 17.1 Å². The van der Waals surface area contributed by atoms with Crippen LogP contribution in [-0.2, 0) is 4.74 Å². The summed E-state index contributed by atoms with van der Waals surface area (Å²) >= 11 is 1.39. The van der Waals surface area contributed by atoms with Gasteiger partial charge in [0.25, 0.3) is 0 Å². The summed E-state index contributed by atoms with van der Waals surface area (Å²) in [6, 6.07) is 1.91. The molecular formula is C13H16N2O2S. The molecule has 0 radical (unpaired) electrons. The van der Waals surface area contributed by atoms with Crippen molar-refractivity contribution in [2.24, 2.45) is 4.99 Å². The highest BCUT2D eigenvalue weighted by Crippen LogP contribution is 2.29. The standard InChI is InChI=1S/C13H16N2O2S/c1-13(2,3)17-12(16)11-10(5-8-18-11)15-7-4-6-14-9-15/h4-8H,9H2,1-3H3. The van der Waals surface area contributed by atoms with Crippen molar-refractivity contribution in [3.63, 3.8) is 0 Å². The summed E-state index contributed by atoms with van der Waals surface area (Å²) in [6.07, 6.45) is 5.50. The van der Waals surface area contributed by atoms with Crippen LogP contribution in [0.4, 0.5) is 5.69 Å². The highest BCUT2D eigenvalue weighted by molar-refractivity contribution is 7.12. The zero-order valence-corrected chi connectivity index (χ0v) is 11.5. The lowest BCUT2D eigenvalue weighted by atomic mass is 10.2. The molecule has 0 fully saturated rings. The second-order valence-corrected chi connectivity index (χ2v) is 5.84. The van der Waals surface area contributed by atoms with E-state index in [2.05, 4.69) is 4.99 Å². The van der Waals surface area contributed by atoms with E-state index in [4.69, 9.17) is 4.74 Å². The average molecular weight is 264 g/mol. The smallest absolute Gasteiger partial charge is 0.350 e. The van der Waals surface area contributed by atoms with Gasteiger partial charge in [-0.2, -0.15) is 0 Å². The SMILES string of the molecule is CC(C)(C)OC(=O)c1sccc1N1C=CC=NC1. The van der Waals surface area contributed by atoms with Crippen LogP contribution in [-0.4, -0.2) is 24.5 Å². The van der Waals surface area contributed by atoms with Crippen LogP contribution >= 0.6 is 11.3 Å². The molecule has 4 nitrogen and oxygen atoms in total. The number of thiophene rings is 1. The fourth-order valence-corrected chi connectivity index (χ4v) is 2.32. The van der Waals surface area contributed by atoms with E-state index >= 15 is 0 Å². The summed E-state index contributed by atoms with van der Waals surface area (Å²) in [5.74, 6) is -0.282. The number of carbonyl (C=O) groups is 1. The van der Waals surface area contributed by atoms with Crippen molar-refractivity contribution in [2.45, 2.75) is 26.4 Å². The molecule has 0 spiro atoms. The van der Waals surface area contributed by atoms with E-state index in [0.717, 1.165) is 5.69 Å². The van der Waals surface area contributed by atoms with Crippen molar-refractivity contribution in [2.75, 3.05) is 11.6 Å². The van der Waals surface area contributed by atoms with Crippen molar-refractivity contribution in [3.8, 4) is 0 Å². The molecule has 1 aromatic heterocycles. The van der Waals surface area contributed by atoms with Crippen LogP contribution in [0.15, 0.2) is 28.7 Å². The zero-order valence-electron chi connectivity index (χ0n) is 10.7. The molecular weight excluding hydrogens is 248 g/mol. The van der Waals surface area contributed by atoms with Crippen LogP contribution in [0.5, 0.6) is 0 Å². The Labute approximate surface area is 111 Å². The van der Waals surface area contributed by atoms with Gasteiger partial charge >= 0.3 is 5.97 Å². The van der Waals surface area contributed by atoms with E-state index in [0.29, 0.717) is 11.5 Å². The van der Waals surface area contributed by atoms with Gasteiger partial charge in [-0.25, -0.2) is 4.79 Å². The number of rotatable bonds is 2. The number of ether oxygens (including phenoxy) is 1. The molecule has 5 heteroatoms. The second-order valence-electron chi connectivity index (χ2n) is 4.92. The van der Waals surface area contributed by atoms with Gasteiger partial charge in [0, 0.05) is 12.4 Å². The van der Waals surface area contributed by atoms with Crippen LogP contribution in [0.3, 0.4) is 0 Å². The number of allylic oxidation sites excluding steroid dienone is 1. The van der Waals surface area contributed by atoms with E-state index in [1.54, 1.807) is 6.21 Å². The Bertz CT molecular complexity index is 497. The molecule has 18 heavy (non-hydrogen) atoms. The summed E-state index contributed by atoms with van der Waals surface area (Å²) in [5, 5.41) is 1.89. The first-order valence-corrected chi connectivity index (χ1v) is 6.59. The van der Waals surface area contributed by atoms with E-state index in [-0.39, 0.29) is 5.97 Å². The highest BCUT2D eigenvalue weighted by atomic mass is 32.1. The third-order valence-corrected chi connectivity index (χ3v) is 3.11. The predicted octanol–water partition coefficient (Wildman–Crippen LogP) is 3.07. The van der Waals surface area contributed by atoms with Crippen molar-refractivity contribution >= 4 is 29.2 Å². The molecule has 0 saturated carbocycles. The Hall–Kier alpha value is -1.62. The van der Waals surface area contributed by atoms with Gasteiger partial charge in [-0.05, 0) is 38.3 Å². The molecule has 0 aromatic carbocycles. The molecule has 1 aromatic rings. The third kappa shape index (κ3) is 2.98. The molecule has 1 aliphatic heterocycles. The van der Waals surface area contributed by atoms with E-state index in [9.17, 15) is 4.79 Å². The van der Waals surface area contributed by atoms with E-state index < -0.39 is 5.60 Å². The lowest BCUT2D eigenvalue weighted by Crippen LogP contribution is -2.25. The molecule has 1 aliphatic rings. The number of anilines is 1. The fourth-order valence-electron chi connectivity index (χ4n) is 1.55. The molecule has 0 bridgehead atoms. The third-order valence-electron chi connectivity index (χ3n) is 2.23. The van der Waals surface area contributed by atoms with Gasteiger partial charge in [0.05, 0.1) is 5.69 Å². The van der Waals surface area contributed by atoms with Crippen LogP contribution in [0.2, 0.25) is 0 Å². The largest absolute Gasteiger partial charge is 0.456 e. The normalized spacial score (nSPS) is 14.9. The molecule has 0 saturated heterocycles. The minimum atomic E-state index is -0.478. The van der Waals surface area contributed by atoms with Gasteiger partial charge in [-0.1, -0.05) is 0 Å². The van der Waals surface area contributed by atoms with Crippen LogP contribution in [0.1, 0.15) is 30.4 Å². The monoisotopic (exact) mass is 264 g/mol. The number of carbonyl (C=O) groups excluding carboxylic acids is 1. The number of hydrogen-bond donors (Lipinski definition) is 0. The van der Waals surface area contributed by atoms with Crippen molar-refractivity contribution in [1.29, 1.82) is 0 Å². The molecule has 0 aliphatic carbocycles. The summed E-state index contributed by atoms with van der Waals surface area (Å²) in [4.78, 5) is 18.8. The highest BCUT2D eigenvalue weighted by Gasteiger charge is 2.23. The lowest BCUT2D eigenvalue weighted by molar-refractivity contribution is 0.00760. The Kier molecular flexibility index (Phi) is 3.52. The molecule has 0 amide bonds. The zero-order chi connectivity index (χ0) is 13.2. The number of esters is 1. The molecule has 0 unspecified atom stereocenters. The summed E-state index contributed by atoms with van der Waals surface area (Å²) in [7, 11) is 0. The van der Waals surface area contributed by atoms with Gasteiger partial charge < -0.3 is 9.64 Å². The van der Waals surface area contributed by atoms with Gasteiger partial charge in [-0.3, -0.25) is 4.99 Å². The molecule has 2 heterocycles. The molecule has 96 valence electrons. The molecule has 0 N–H and O–H groups in total. The maximum Gasteiger partial charge on any atom is 0.350 e. The average Bonchev–Trinajstić information content (AvgIpc) is 2.76. The number of aliphatic imine (C=N–C) groups is 1. The fraction of sp³-hybridized carbons (Fsp3) is 0.385. The minimum absolute atomic E-state index is 0.282. The number of nitrogens with zero attached hydrogens (tertiary/aromatic N) is 2. The first kappa shape index (κ1) is 12.8. The van der Waals surface area contributed by atoms with Crippen molar-refractivity contribution in [1.82, 2.24) is 0 Å². The van der Waals surface area contributed by atoms with Gasteiger partial charge in [0.15, 0.2) is 0 Å². The van der Waals surface area contributed by atoms with Crippen LogP contribution < -0.4 is 4.90 Å². The Morgan fingerprint density at radius 1 is 1.50 bits per heavy atom. The first-order chi connectivity index (χ1) is 8.47. The quantitative estimate of drug-likeness (QED) is 0.771. The van der Waals surface area contributed by atoms with E-state index in [1.807, 2.05) is 49.4 Å². The Morgan fingerprint density at radius 3 is 2.89 bits per heavy atom.